The fourth-order valence-electron chi connectivity index (χ4n) is 4.74. The monoisotopic (exact) mass is 608 g/mol. The van der Waals surface area contributed by atoms with Gasteiger partial charge in [0.2, 0.25) is 11.8 Å². The van der Waals surface area contributed by atoms with Crippen LogP contribution in [0, 0.1) is 19.3 Å². The quantitative estimate of drug-likeness (QED) is 0.0883. The second-order valence-electron chi connectivity index (χ2n) is 11.7. The molecule has 2 aromatic carbocycles. The molecule has 1 aromatic heterocycles. The van der Waals surface area contributed by atoms with E-state index in [9.17, 15) is 14.7 Å². The Morgan fingerprint density at radius 2 is 1.74 bits per heavy atom. The van der Waals surface area contributed by atoms with Gasteiger partial charge in [0, 0.05) is 29.0 Å². The van der Waals surface area contributed by atoms with Crippen LogP contribution in [-0.2, 0) is 9.53 Å². The van der Waals surface area contributed by atoms with E-state index in [1.54, 1.807) is 18.2 Å². The number of hydrogen-bond donors (Lipinski definition) is 3. The SMILES string of the molecule is CCOC(=O)CCCCNC(COc1cc(-c2c(C)cccc2C)nc(NSc2cccc(C(=O)O)c2)n1)CC(C)(C)C. The zero-order chi connectivity index (χ0) is 31.4. The first-order valence-electron chi connectivity index (χ1n) is 14.7. The number of carboxylic acid groups (broad SMARTS) is 1. The van der Waals surface area contributed by atoms with E-state index in [-0.39, 0.29) is 23.0 Å². The summed E-state index contributed by atoms with van der Waals surface area (Å²) in [5.41, 5.74) is 4.22. The zero-order valence-corrected chi connectivity index (χ0v) is 26.8. The third kappa shape index (κ3) is 11.5. The van der Waals surface area contributed by atoms with Crippen LogP contribution < -0.4 is 14.8 Å². The van der Waals surface area contributed by atoms with E-state index in [0.29, 0.717) is 31.5 Å². The normalized spacial score (nSPS) is 12.0. The number of anilines is 1. The molecule has 0 saturated carbocycles. The lowest BCUT2D eigenvalue weighted by molar-refractivity contribution is -0.143. The van der Waals surface area contributed by atoms with Gasteiger partial charge < -0.3 is 19.9 Å². The first kappa shape index (κ1) is 33.9. The number of carboxylic acids is 1. The smallest absolute Gasteiger partial charge is 0.335 e. The second kappa shape index (κ2) is 16.3. The molecule has 43 heavy (non-hydrogen) atoms. The first-order chi connectivity index (χ1) is 20.4. The summed E-state index contributed by atoms with van der Waals surface area (Å²) in [5.74, 6) is -0.334. The van der Waals surface area contributed by atoms with E-state index < -0.39 is 5.97 Å². The number of nitrogens with zero attached hydrogens (tertiary/aromatic N) is 2. The summed E-state index contributed by atoms with van der Waals surface area (Å²) in [7, 11) is 0. The number of carbonyl (C=O) groups is 2. The van der Waals surface area contributed by atoms with Gasteiger partial charge in [0.1, 0.15) is 6.61 Å². The molecule has 0 aliphatic heterocycles. The minimum absolute atomic E-state index is 0.0748. The lowest BCUT2D eigenvalue weighted by Crippen LogP contribution is -2.38. The molecule has 0 radical (unpaired) electrons. The summed E-state index contributed by atoms with van der Waals surface area (Å²) < 4.78 is 14.5. The minimum Gasteiger partial charge on any atom is -0.478 e. The van der Waals surface area contributed by atoms with E-state index >= 15 is 0 Å². The highest BCUT2D eigenvalue weighted by Crippen LogP contribution is 2.30. The predicted octanol–water partition coefficient (Wildman–Crippen LogP) is 7.08. The molecule has 0 fully saturated rings. The molecule has 1 unspecified atom stereocenters. The summed E-state index contributed by atoms with van der Waals surface area (Å²) in [4.78, 5) is 33.2. The molecular formula is C33H44N4O5S. The lowest BCUT2D eigenvalue weighted by atomic mass is 9.88. The number of unbranched alkanes of at least 4 members (excludes halogenated alkanes) is 1. The maximum atomic E-state index is 11.7. The van der Waals surface area contributed by atoms with Crippen LogP contribution in [-0.4, -0.2) is 52.8 Å². The fourth-order valence-corrected chi connectivity index (χ4v) is 5.37. The molecule has 0 bridgehead atoms. The Hall–Kier alpha value is -3.63. The maximum absolute atomic E-state index is 11.7. The lowest BCUT2D eigenvalue weighted by Gasteiger charge is -2.27. The zero-order valence-electron chi connectivity index (χ0n) is 26.0. The molecule has 1 atom stereocenters. The van der Waals surface area contributed by atoms with Gasteiger partial charge >= 0.3 is 11.9 Å². The summed E-state index contributed by atoms with van der Waals surface area (Å²) in [6.07, 6.45) is 2.94. The average molecular weight is 609 g/mol. The summed E-state index contributed by atoms with van der Waals surface area (Å²) >= 11 is 1.24. The van der Waals surface area contributed by atoms with Crippen molar-refractivity contribution in [3.63, 3.8) is 0 Å². The highest BCUT2D eigenvalue weighted by atomic mass is 32.2. The number of rotatable bonds is 16. The maximum Gasteiger partial charge on any atom is 0.335 e. The van der Waals surface area contributed by atoms with E-state index in [4.69, 9.17) is 14.5 Å². The highest BCUT2D eigenvalue weighted by Gasteiger charge is 2.20. The molecule has 10 heteroatoms. The van der Waals surface area contributed by atoms with Crippen LogP contribution >= 0.6 is 11.9 Å². The van der Waals surface area contributed by atoms with E-state index in [0.717, 1.165) is 53.1 Å². The van der Waals surface area contributed by atoms with Crippen molar-refractivity contribution in [2.75, 3.05) is 24.5 Å². The number of aryl methyl sites for hydroxylation is 2. The van der Waals surface area contributed by atoms with Gasteiger partial charge in [-0.15, -0.1) is 0 Å². The second-order valence-corrected chi connectivity index (χ2v) is 12.6. The van der Waals surface area contributed by atoms with Crippen molar-refractivity contribution >= 4 is 29.8 Å². The van der Waals surface area contributed by atoms with Crippen molar-refractivity contribution in [2.24, 2.45) is 5.41 Å². The van der Waals surface area contributed by atoms with Crippen LogP contribution in [0.25, 0.3) is 11.3 Å². The summed E-state index contributed by atoms with van der Waals surface area (Å²) in [5, 5.41) is 13.0. The van der Waals surface area contributed by atoms with Gasteiger partial charge in [-0.05, 0) is 93.3 Å². The number of ether oxygens (including phenoxy) is 2. The van der Waals surface area contributed by atoms with Gasteiger partial charge in [-0.2, -0.15) is 4.98 Å². The number of esters is 1. The molecule has 0 saturated heterocycles. The molecule has 232 valence electrons. The number of aromatic nitrogens is 2. The topological polar surface area (TPSA) is 123 Å². The Morgan fingerprint density at radius 3 is 2.42 bits per heavy atom. The van der Waals surface area contributed by atoms with Crippen molar-refractivity contribution in [3.05, 3.63) is 65.2 Å². The van der Waals surface area contributed by atoms with Gasteiger partial charge in [-0.25, -0.2) is 9.78 Å². The Morgan fingerprint density at radius 1 is 1.02 bits per heavy atom. The Balaban J connectivity index is 1.78. The van der Waals surface area contributed by atoms with Crippen molar-refractivity contribution in [3.8, 4) is 17.1 Å². The van der Waals surface area contributed by atoms with Crippen molar-refractivity contribution in [1.29, 1.82) is 0 Å². The van der Waals surface area contributed by atoms with Crippen LogP contribution in [0.15, 0.2) is 53.4 Å². The van der Waals surface area contributed by atoms with Crippen LogP contribution in [0.4, 0.5) is 5.95 Å². The number of carbonyl (C=O) groups excluding carboxylic acids is 1. The highest BCUT2D eigenvalue weighted by molar-refractivity contribution is 8.00. The molecule has 0 aliphatic carbocycles. The van der Waals surface area contributed by atoms with Gasteiger partial charge in [0.25, 0.3) is 0 Å². The minimum atomic E-state index is -0.983. The van der Waals surface area contributed by atoms with E-state index in [1.807, 2.05) is 25.1 Å². The van der Waals surface area contributed by atoms with Crippen LogP contribution in [0.5, 0.6) is 5.88 Å². The Labute approximate surface area is 259 Å². The molecule has 3 aromatic rings. The summed E-state index contributed by atoms with van der Waals surface area (Å²) in [6, 6.07) is 14.7. The number of aromatic carboxylic acids is 1. The van der Waals surface area contributed by atoms with Crippen LogP contribution in [0.2, 0.25) is 0 Å². The molecule has 0 spiro atoms. The Kier molecular flexibility index (Phi) is 12.8. The largest absolute Gasteiger partial charge is 0.478 e. The molecule has 3 rings (SSSR count). The van der Waals surface area contributed by atoms with Gasteiger partial charge in [-0.1, -0.05) is 45.0 Å². The van der Waals surface area contributed by atoms with Crippen LogP contribution in [0.3, 0.4) is 0 Å². The third-order valence-electron chi connectivity index (χ3n) is 6.62. The molecule has 1 heterocycles. The van der Waals surface area contributed by atoms with Gasteiger partial charge in [0.05, 0.1) is 17.9 Å². The van der Waals surface area contributed by atoms with Gasteiger partial charge in [-0.3, -0.25) is 9.52 Å². The third-order valence-corrected chi connectivity index (χ3v) is 7.39. The number of nitrogens with one attached hydrogen (secondary N) is 2. The summed E-state index contributed by atoms with van der Waals surface area (Å²) in [6.45, 7) is 14.1. The Bertz CT molecular complexity index is 1360. The molecule has 0 amide bonds. The van der Waals surface area contributed by atoms with Crippen LogP contribution in [0.1, 0.15) is 74.9 Å². The molecule has 3 N–H and O–H groups in total. The molecular weight excluding hydrogens is 564 g/mol. The van der Waals surface area contributed by atoms with Crippen molar-refractivity contribution < 1.29 is 24.2 Å². The molecule has 0 aliphatic rings. The van der Waals surface area contributed by atoms with E-state index in [2.05, 4.69) is 61.8 Å². The molecule has 9 nitrogen and oxygen atoms in total. The standard InChI is InChI=1S/C33H44N4O5S/c1-7-41-29(38)16-8-9-17-34-25(20-33(4,5)6)21-42-28-19-27(30-22(2)12-10-13-23(30)3)35-32(36-28)37-43-26-15-11-14-24(18-26)31(39)40/h10-15,18-19,25,34H,7-9,16-17,20-21H2,1-6H3,(H,39,40)(H,35,36,37). The van der Waals surface area contributed by atoms with Gasteiger partial charge in [0.15, 0.2) is 0 Å². The van der Waals surface area contributed by atoms with Crippen molar-refractivity contribution in [1.82, 2.24) is 15.3 Å². The fraction of sp³-hybridized carbons (Fsp3) is 0.455. The average Bonchev–Trinajstić information content (AvgIpc) is 2.94. The van der Waals surface area contributed by atoms with Crippen molar-refractivity contribution in [2.45, 2.75) is 78.2 Å². The van der Waals surface area contributed by atoms with E-state index in [1.165, 1.54) is 11.9 Å². The number of benzene rings is 2. The first-order valence-corrected chi connectivity index (χ1v) is 15.5. The number of hydrogen-bond acceptors (Lipinski definition) is 9. The predicted molar refractivity (Wildman–Crippen MR) is 172 cm³/mol.